The molecule has 2 aromatic carbocycles. The largest absolute Gasteiger partial charge is 0.542 e. The fourth-order valence-corrected chi connectivity index (χ4v) is 2.28. The van der Waals surface area contributed by atoms with E-state index in [4.69, 9.17) is 9.16 Å². The van der Waals surface area contributed by atoms with E-state index in [1.54, 1.807) is 7.11 Å². The summed E-state index contributed by atoms with van der Waals surface area (Å²) in [4.78, 5) is 0. The Morgan fingerprint density at radius 3 is 2.50 bits per heavy atom. The molecule has 2 nitrogen and oxygen atoms in total. The molecule has 0 aliphatic carbocycles. The van der Waals surface area contributed by atoms with Gasteiger partial charge in [-0.2, -0.15) is 0 Å². The first-order valence-corrected chi connectivity index (χ1v) is 7.66. The van der Waals surface area contributed by atoms with Crippen LogP contribution < -0.4 is 9.16 Å². The number of hydrogen-bond acceptors (Lipinski definition) is 2. The number of ether oxygens (including phenoxy) is 1. The van der Waals surface area contributed by atoms with E-state index in [9.17, 15) is 0 Å². The van der Waals surface area contributed by atoms with E-state index in [1.165, 1.54) is 0 Å². The minimum Gasteiger partial charge on any atom is -0.542 e. The molecule has 0 atom stereocenters. The Kier molecular flexibility index (Phi) is 3.15. The van der Waals surface area contributed by atoms with Gasteiger partial charge in [-0.05, 0) is 24.5 Å². The van der Waals surface area contributed by atoms with Gasteiger partial charge in [0.25, 0.3) is 9.04 Å². The highest BCUT2D eigenvalue weighted by Crippen LogP contribution is 2.31. The van der Waals surface area contributed by atoms with Crippen molar-refractivity contribution in [2.45, 2.75) is 13.1 Å². The van der Waals surface area contributed by atoms with Crippen LogP contribution in [0.4, 0.5) is 0 Å². The first kappa shape index (κ1) is 11.0. The van der Waals surface area contributed by atoms with Gasteiger partial charge in [-0.25, -0.2) is 0 Å². The topological polar surface area (TPSA) is 18.5 Å². The Bertz CT molecular complexity index is 494. The smallest absolute Gasteiger partial charge is 0.274 e. The maximum Gasteiger partial charge on any atom is 0.274 e. The number of rotatable bonds is 3. The van der Waals surface area contributed by atoms with Gasteiger partial charge in [0.05, 0.1) is 7.11 Å². The predicted molar refractivity (Wildman–Crippen MR) is 68.6 cm³/mol. The lowest BCUT2D eigenvalue weighted by Gasteiger charge is -2.13. The summed E-state index contributed by atoms with van der Waals surface area (Å²) in [5.74, 6) is 1.77. The third kappa shape index (κ3) is 2.19. The van der Waals surface area contributed by atoms with Crippen LogP contribution in [0.5, 0.6) is 11.5 Å². The zero-order valence-electron chi connectivity index (χ0n) is 9.78. The number of hydrogen-bond donors (Lipinski definition) is 0. The van der Waals surface area contributed by atoms with Crippen LogP contribution in [0.2, 0.25) is 13.1 Å². The van der Waals surface area contributed by atoms with Crippen LogP contribution >= 0.6 is 0 Å². The molecular formula is C13H15O2Si. The molecule has 0 spiro atoms. The Labute approximate surface area is 97.5 Å². The number of benzene rings is 2. The molecule has 1 radical (unpaired) electrons. The minimum atomic E-state index is -0.757. The second-order valence-electron chi connectivity index (χ2n) is 3.86. The van der Waals surface area contributed by atoms with Crippen LogP contribution in [-0.4, -0.2) is 16.2 Å². The Balaban J connectivity index is 2.59. The van der Waals surface area contributed by atoms with E-state index in [0.29, 0.717) is 0 Å². The van der Waals surface area contributed by atoms with Crippen molar-refractivity contribution in [3.8, 4) is 11.5 Å². The first-order valence-electron chi connectivity index (χ1n) is 5.25. The summed E-state index contributed by atoms with van der Waals surface area (Å²) in [5.41, 5.74) is 0. The van der Waals surface area contributed by atoms with Crippen molar-refractivity contribution in [1.29, 1.82) is 0 Å². The molecule has 16 heavy (non-hydrogen) atoms. The fraction of sp³-hybridized carbons (Fsp3) is 0.231. The summed E-state index contributed by atoms with van der Waals surface area (Å²) in [6, 6.07) is 12.2. The van der Waals surface area contributed by atoms with Crippen LogP contribution in [-0.2, 0) is 0 Å². The molecule has 0 aromatic heterocycles. The van der Waals surface area contributed by atoms with Gasteiger partial charge < -0.3 is 9.16 Å². The SMILES string of the molecule is COc1cc(O[Si](C)C)c2ccccc2c1. The molecule has 3 heteroatoms. The second-order valence-corrected chi connectivity index (χ2v) is 5.88. The average molecular weight is 231 g/mol. The van der Waals surface area contributed by atoms with E-state index in [2.05, 4.69) is 25.2 Å². The van der Waals surface area contributed by atoms with Crippen molar-refractivity contribution in [3.63, 3.8) is 0 Å². The van der Waals surface area contributed by atoms with Crippen molar-refractivity contribution >= 4 is 19.8 Å². The van der Waals surface area contributed by atoms with Gasteiger partial charge in [0, 0.05) is 11.5 Å². The summed E-state index contributed by atoms with van der Waals surface area (Å²) in [5, 5.41) is 2.30. The quantitative estimate of drug-likeness (QED) is 0.753. The molecule has 83 valence electrons. The lowest BCUT2D eigenvalue weighted by atomic mass is 10.1. The van der Waals surface area contributed by atoms with E-state index in [1.807, 2.05) is 24.3 Å². The second kappa shape index (κ2) is 4.57. The third-order valence-electron chi connectivity index (χ3n) is 2.35. The van der Waals surface area contributed by atoms with Gasteiger partial charge >= 0.3 is 0 Å². The standard InChI is InChI=1S/C13H15O2Si/c1-14-11-8-10-6-4-5-7-12(10)13(9-11)15-16(2)3/h4-9H,1-3H3. The molecule has 0 heterocycles. The molecule has 0 saturated heterocycles. The summed E-state index contributed by atoms with van der Waals surface area (Å²) in [7, 11) is 0.921. The van der Waals surface area contributed by atoms with Gasteiger partial charge in [0.1, 0.15) is 11.5 Å². The van der Waals surface area contributed by atoms with Crippen LogP contribution in [0.25, 0.3) is 10.8 Å². The molecule has 0 fully saturated rings. The Morgan fingerprint density at radius 2 is 1.81 bits per heavy atom. The Hall–Kier alpha value is -1.48. The summed E-state index contributed by atoms with van der Waals surface area (Å²) < 4.78 is 11.2. The van der Waals surface area contributed by atoms with Gasteiger partial charge in [0.2, 0.25) is 0 Å². The molecule has 2 rings (SSSR count). The van der Waals surface area contributed by atoms with Crippen molar-refractivity contribution < 1.29 is 9.16 Å². The van der Waals surface area contributed by atoms with Crippen LogP contribution in [0, 0.1) is 0 Å². The zero-order valence-corrected chi connectivity index (χ0v) is 10.8. The average Bonchev–Trinajstić information content (AvgIpc) is 2.28. The first-order chi connectivity index (χ1) is 7.70. The van der Waals surface area contributed by atoms with Crippen molar-refractivity contribution in [2.75, 3.05) is 7.11 Å². The lowest BCUT2D eigenvalue weighted by Crippen LogP contribution is -2.11. The fourth-order valence-electron chi connectivity index (χ4n) is 1.67. The summed E-state index contributed by atoms with van der Waals surface area (Å²) in [6.45, 7) is 4.25. The van der Waals surface area contributed by atoms with E-state index >= 15 is 0 Å². The van der Waals surface area contributed by atoms with E-state index in [-0.39, 0.29) is 0 Å². The summed E-state index contributed by atoms with van der Waals surface area (Å²) in [6.07, 6.45) is 0. The maximum absolute atomic E-state index is 5.89. The highest BCUT2D eigenvalue weighted by atomic mass is 28.3. The maximum atomic E-state index is 5.89. The normalized spacial score (nSPS) is 10.8. The van der Waals surface area contributed by atoms with Crippen LogP contribution in [0.15, 0.2) is 36.4 Å². The van der Waals surface area contributed by atoms with Crippen LogP contribution in [0.1, 0.15) is 0 Å². The lowest BCUT2D eigenvalue weighted by molar-refractivity contribution is 0.413. The summed E-state index contributed by atoms with van der Waals surface area (Å²) >= 11 is 0. The minimum absolute atomic E-state index is 0.757. The molecule has 0 unspecified atom stereocenters. The van der Waals surface area contributed by atoms with Gasteiger partial charge in [0.15, 0.2) is 0 Å². The third-order valence-corrected chi connectivity index (χ3v) is 2.98. The van der Waals surface area contributed by atoms with Gasteiger partial charge in [-0.1, -0.05) is 24.3 Å². The van der Waals surface area contributed by atoms with E-state index < -0.39 is 9.04 Å². The van der Waals surface area contributed by atoms with Gasteiger partial charge in [-0.15, -0.1) is 0 Å². The molecule has 0 aliphatic heterocycles. The molecular weight excluding hydrogens is 216 g/mol. The van der Waals surface area contributed by atoms with Crippen molar-refractivity contribution in [3.05, 3.63) is 36.4 Å². The van der Waals surface area contributed by atoms with Crippen molar-refractivity contribution in [2.24, 2.45) is 0 Å². The van der Waals surface area contributed by atoms with Crippen molar-refractivity contribution in [1.82, 2.24) is 0 Å². The van der Waals surface area contributed by atoms with Crippen LogP contribution in [0.3, 0.4) is 0 Å². The zero-order chi connectivity index (χ0) is 11.5. The Morgan fingerprint density at radius 1 is 1.06 bits per heavy atom. The molecule has 0 bridgehead atoms. The van der Waals surface area contributed by atoms with Gasteiger partial charge in [-0.3, -0.25) is 0 Å². The number of methoxy groups -OCH3 is 1. The predicted octanol–water partition coefficient (Wildman–Crippen LogP) is 3.48. The molecule has 0 aliphatic rings. The molecule has 0 amide bonds. The number of fused-ring (bicyclic) bond motifs is 1. The highest BCUT2D eigenvalue weighted by Gasteiger charge is 2.07. The monoisotopic (exact) mass is 231 g/mol. The molecule has 0 N–H and O–H groups in total. The molecule has 2 aromatic rings. The molecule has 0 saturated carbocycles. The highest BCUT2D eigenvalue weighted by molar-refractivity contribution is 6.49. The van der Waals surface area contributed by atoms with E-state index in [0.717, 1.165) is 22.3 Å².